The summed E-state index contributed by atoms with van der Waals surface area (Å²) in [6.07, 6.45) is 0. The van der Waals surface area contributed by atoms with Gasteiger partial charge in [0.05, 0.1) is 23.5 Å². The molecule has 0 bridgehead atoms. The van der Waals surface area contributed by atoms with E-state index in [0.29, 0.717) is 6.54 Å². The van der Waals surface area contributed by atoms with E-state index in [1.165, 1.54) is 0 Å². The summed E-state index contributed by atoms with van der Waals surface area (Å²) >= 11 is 0. The minimum Gasteiger partial charge on any atom is -0.478 e. The number of amides is 1. The molecule has 1 amide bonds. The summed E-state index contributed by atoms with van der Waals surface area (Å²) in [6, 6.07) is 14.3. The van der Waals surface area contributed by atoms with Gasteiger partial charge in [0.25, 0.3) is 5.91 Å². The molecule has 5 heteroatoms. The van der Waals surface area contributed by atoms with Gasteiger partial charge in [-0.2, -0.15) is 0 Å². The van der Waals surface area contributed by atoms with Gasteiger partial charge in [-0.15, -0.1) is 0 Å². The first kappa shape index (κ1) is 15.1. The van der Waals surface area contributed by atoms with Crippen LogP contribution in [0.15, 0.2) is 48.5 Å². The van der Waals surface area contributed by atoms with E-state index in [9.17, 15) is 9.59 Å². The van der Waals surface area contributed by atoms with Crippen molar-refractivity contribution in [3.8, 4) is 0 Å². The van der Waals surface area contributed by atoms with Crippen LogP contribution in [0.4, 0.5) is 11.4 Å². The van der Waals surface area contributed by atoms with Gasteiger partial charge in [-0.3, -0.25) is 4.79 Å². The number of anilines is 2. The van der Waals surface area contributed by atoms with E-state index in [1.807, 2.05) is 38.1 Å². The normalized spacial score (nSPS) is 15.7. The van der Waals surface area contributed by atoms with Crippen LogP contribution < -0.4 is 10.2 Å². The molecule has 2 aromatic rings. The molecule has 0 saturated carbocycles. The number of benzene rings is 2. The van der Waals surface area contributed by atoms with Crippen molar-refractivity contribution in [3.05, 3.63) is 59.7 Å². The summed E-state index contributed by atoms with van der Waals surface area (Å²) in [7, 11) is 0. The molecule has 1 aliphatic heterocycles. The zero-order valence-electron chi connectivity index (χ0n) is 13.0. The Morgan fingerprint density at radius 1 is 1.13 bits per heavy atom. The molecular formula is C18H18N2O3. The molecule has 1 heterocycles. The Bertz CT molecular complexity index is 766. The average molecular weight is 310 g/mol. The first-order valence-corrected chi connectivity index (χ1v) is 7.40. The Balaban J connectivity index is 1.94. The molecule has 0 saturated heterocycles. The highest BCUT2D eigenvalue weighted by atomic mass is 16.4. The smallest absolute Gasteiger partial charge is 0.335 e. The minimum absolute atomic E-state index is 0.0153. The second-order valence-electron chi connectivity index (χ2n) is 6.16. The molecule has 0 radical (unpaired) electrons. The number of hydrogen-bond acceptors (Lipinski definition) is 3. The highest BCUT2D eigenvalue weighted by Crippen LogP contribution is 2.35. The summed E-state index contributed by atoms with van der Waals surface area (Å²) in [5, 5.41) is 12.2. The van der Waals surface area contributed by atoms with Gasteiger partial charge in [-0.25, -0.2) is 4.79 Å². The van der Waals surface area contributed by atoms with Crippen LogP contribution in [-0.2, 0) is 11.3 Å². The van der Waals surface area contributed by atoms with E-state index in [4.69, 9.17) is 5.11 Å². The molecule has 5 nitrogen and oxygen atoms in total. The number of carbonyl (C=O) groups is 2. The summed E-state index contributed by atoms with van der Waals surface area (Å²) < 4.78 is 0. The van der Waals surface area contributed by atoms with Crippen molar-refractivity contribution in [2.24, 2.45) is 0 Å². The summed E-state index contributed by atoms with van der Waals surface area (Å²) in [5.41, 5.74) is 2.19. The average Bonchev–Trinajstić information content (AvgIpc) is 2.52. The van der Waals surface area contributed by atoms with E-state index in [-0.39, 0.29) is 11.5 Å². The molecule has 0 spiro atoms. The Morgan fingerprint density at radius 3 is 2.43 bits per heavy atom. The van der Waals surface area contributed by atoms with E-state index < -0.39 is 11.5 Å². The first-order chi connectivity index (χ1) is 10.9. The fourth-order valence-electron chi connectivity index (χ4n) is 2.74. The fraction of sp³-hybridized carbons (Fsp3) is 0.222. The van der Waals surface area contributed by atoms with E-state index in [2.05, 4.69) is 5.32 Å². The standard InChI is InChI=1S/C18H18N2O3/c1-18(2)17(23)20(15-6-4-3-5-14(15)19-18)11-12-7-9-13(10-8-12)16(21)22/h3-10,19H,11H2,1-2H3,(H,21,22). The number of para-hydroxylation sites is 2. The summed E-state index contributed by atoms with van der Waals surface area (Å²) in [5.74, 6) is -0.972. The zero-order valence-corrected chi connectivity index (χ0v) is 13.0. The number of rotatable bonds is 3. The van der Waals surface area contributed by atoms with Crippen molar-refractivity contribution in [1.82, 2.24) is 0 Å². The molecule has 23 heavy (non-hydrogen) atoms. The monoisotopic (exact) mass is 310 g/mol. The number of carboxylic acid groups (broad SMARTS) is 1. The largest absolute Gasteiger partial charge is 0.478 e. The highest BCUT2D eigenvalue weighted by Gasteiger charge is 2.38. The maximum atomic E-state index is 12.8. The predicted molar refractivity (Wildman–Crippen MR) is 88.7 cm³/mol. The van der Waals surface area contributed by atoms with Crippen molar-refractivity contribution in [2.45, 2.75) is 25.9 Å². The number of carbonyl (C=O) groups excluding carboxylic acids is 1. The van der Waals surface area contributed by atoms with Crippen molar-refractivity contribution in [3.63, 3.8) is 0 Å². The first-order valence-electron chi connectivity index (χ1n) is 7.40. The number of aromatic carboxylic acids is 1. The van der Waals surface area contributed by atoms with Crippen LogP contribution in [0.3, 0.4) is 0 Å². The van der Waals surface area contributed by atoms with E-state index in [1.54, 1.807) is 29.2 Å². The quantitative estimate of drug-likeness (QED) is 0.914. The molecule has 2 aromatic carbocycles. The molecule has 1 aliphatic rings. The lowest BCUT2D eigenvalue weighted by Crippen LogP contribution is -2.53. The fourth-order valence-corrected chi connectivity index (χ4v) is 2.74. The summed E-state index contributed by atoms with van der Waals surface area (Å²) in [4.78, 5) is 25.4. The third-order valence-corrected chi connectivity index (χ3v) is 3.96. The van der Waals surface area contributed by atoms with Gasteiger partial charge < -0.3 is 15.3 Å². The van der Waals surface area contributed by atoms with Crippen LogP contribution in [-0.4, -0.2) is 22.5 Å². The van der Waals surface area contributed by atoms with Crippen LogP contribution in [0, 0.1) is 0 Å². The summed E-state index contributed by atoms with van der Waals surface area (Å²) in [6.45, 7) is 4.11. The lowest BCUT2D eigenvalue weighted by Gasteiger charge is -2.40. The van der Waals surface area contributed by atoms with Crippen LogP contribution >= 0.6 is 0 Å². The number of nitrogens with zero attached hydrogens (tertiary/aromatic N) is 1. The Morgan fingerprint density at radius 2 is 1.78 bits per heavy atom. The highest BCUT2D eigenvalue weighted by molar-refractivity contribution is 6.07. The molecule has 0 aliphatic carbocycles. The molecule has 2 N–H and O–H groups in total. The van der Waals surface area contributed by atoms with Gasteiger partial charge in [-0.05, 0) is 43.7 Å². The molecule has 3 rings (SSSR count). The Kier molecular flexibility index (Phi) is 3.56. The lowest BCUT2D eigenvalue weighted by atomic mass is 9.97. The van der Waals surface area contributed by atoms with Gasteiger partial charge in [-0.1, -0.05) is 24.3 Å². The van der Waals surface area contributed by atoms with Crippen LogP contribution in [0.5, 0.6) is 0 Å². The topological polar surface area (TPSA) is 69.6 Å². The van der Waals surface area contributed by atoms with Crippen LogP contribution in [0.2, 0.25) is 0 Å². The number of nitrogens with one attached hydrogen (secondary N) is 1. The third kappa shape index (κ3) is 2.77. The Hall–Kier alpha value is -2.82. The van der Waals surface area contributed by atoms with Gasteiger partial charge >= 0.3 is 5.97 Å². The van der Waals surface area contributed by atoms with Crippen molar-refractivity contribution >= 4 is 23.3 Å². The maximum Gasteiger partial charge on any atom is 0.335 e. The molecule has 0 aromatic heterocycles. The van der Waals surface area contributed by atoms with Crippen LogP contribution in [0.1, 0.15) is 29.8 Å². The minimum atomic E-state index is -0.957. The molecule has 0 unspecified atom stereocenters. The van der Waals surface area contributed by atoms with Gasteiger partial charge in [0, 0.05) is 0 Å². The number of carboxylic acids is 1. The number of fused-ring (bicyclic) bond motifs is 1. The van der Waals surface area contributed by atoms with Crippen LogP contribution in [0.25, 0.3) is 0 Å². The molecule has 0 fully saturated rings. The zero-order chi connectivity index (χ0) is 16.6. The van der Waals surface area contributed by atoms with Gasteiger partial charge in [0.15, 0.2) is 0 Å². The Labute approximate surface area is 134 Å². The molecule has 118 valence electrons. The van der Waals surface area contributed by atoms with Gasteiger partial charge in [0.1, 0.15) is 5.54 Å². The van der Waals surface area contributed by atoms with E-state index >= 15 is 0 Å². The SMILES string of the molecule is CC1(C)Nc2ccccc2N(Cc2ccc(C(=O)O)cc2)C1=O. The predicted octanol–water partition coefficient (Wildman–Crippen LogP) is 3.12. The third-order valence-electron chi connectivity index (χ3n) is 3.96. The second kappa shape index (κ2) is 5.43. The maximum absolute atomic E-state index is 12.8. The number of hydrogen-bond donors (Lipinski definition) is 2. The van der Waals surface area contributed by atoms with Gasteiger partial charge in [0.2, 0.25) is 0 Å². The molecular weight excluding hydrogens is 292 g/mol. The lowest BCUT2D eigenvalue weighted by molar-refractivity contribution is -0.122. The van der Waals surface area contributed by atoms with Crippen molar-refractivity contribution in [2.75, 3.05) is 10.2 Å². The van der Waals surface area contributed by atoms with Crippen molar-refractivity contribution in [1.29, 1.82) is 0 Å². The molecule has 0 atom stereocenters. The van der Waals surface area contributed by atoms with Crippen molar-refractivity contribution < 1.29 is 14.7 Å². The second-order valence-corrected chi connectivity index (χ2v) is 6.16. The van der Waals surface area contributed by atoms with E-state index in [0.717, 1.165) is 16.9 Å².